The number of hydrogen-bond donors (Lipinski definition) is 2. The lowest BCUT2D eigenvalue weighted by Crippen LogP contribution is -2.06. The van der Waals surface area contributed by atoms with Crippen LogP contribution >= 0.6 is 0 Å². The van der Waals surface area contributed by atoms with Gasteiger partial charge in [-0.2, -0.15) is 0 Å². The minimum atomic E-state index is 0.199. The fourth-order valence-corrected chi connectivity index (χ4v) is 3.19. The van der Waals surface area contributed by atoms with E-state index in [2.05, 4.69) is 39.3 Å². The zero-order valence-electron chi connectivity index (χ0n) is 14.8. The van der Waals surface area contributed by atoms with E-state index in [1.807, 2.05) is 13.0 Å². The Bertz CT molecular complexity index is 960. The van der Waals surface area contributed by atoms with Crippen molar-refractivity contribution in [2.75, 3.05) is 17.7 Å². The number of nitrogens with zero attached hydrogens (tertiary/aromatic N) is 3. The third kappa shape index (κ3) is 3.08. The van der Waals surface area contributed by atoms with E-state index in [1.165, 1.54) is 11.9 Å². The van der Waals surface area contributed by atoms with Crippen molar-refractivity contribution in [3.05, 3.63) is 41.7 Å². The van der Waals surface area contributed by atoms with Gasteiger partial charge in [-0.15, -0.1) is 0 Å². The number of hydrogen-bond acceptors (Lipinski definition) is 7. The van der Waals surface area contributed by atoms with Crippen molar-refractivity contribution >= 4 is 22.7 Å². The maximum Gasteiger partial charge on any atom is 0.166 e. The summed E-state index contributed by atoms with van der Waals surface area (Å²) in [4.78, 5) is 12.7. The molecule has 1 aliphatic rings. The van der Waals surface area contributed by atoms with Gasteiger partial charge in [0.1, 0.15) is 35.6 Å². The van der Waals surface area contributed by atoms with Crippen molar-refractivity contribution in [1.29, 1.82) is 0 Å². The van der Waals surface area contributed by atoms with Crippen LogP contribution < -0.4 is 20.5 Å². The Balaban J connectivity index is 1.63. The van der Waals surface area contributed by atoms with Gasteiger partial charge in [0, 0.05) is 24.1 Å². The molecule has 0 fully saturated rings. The summed E-state index contributed by atoms with van der Waals surface area (Å²) < 4.78 is 11.7. The molecule has 0 spiro atoms. The first-order chi connectivity index (χ1) is 12.6. The fourth-order valence-electron chi connectivity index (χ4n) is 3.19. The molecule has 2 aromatic heterocycles. The van der Waals surface area contributed by atoms with E-state index in [0.29, 0.717) is 30.4 Å². The molecule has 1 aliphatic heterocycles. The maximum absolute atomic E-state index is 5.88. The molecule has 4 rings (SSSR count). The lowest BCUT2D eigenvalue weighted by molar-refractivity contribution is 0.254. The Morgan fingerprint density at radius 3 is 3.04 bits per heavy atom. The Morgan fingerprint density at radius 1 is 1.31 bits per heavy atom. The minimum absolute atomic E-state index is 0.199. The summed E-state index contributed by atoms with van der Waals surface area (Å²) in [5, 5.41) is 4.18. The van der Waals surface area contributed by atoms with E-state index in [-0.39, 0.29) is 6.10 Å². The molecule has 1 aromatic carbocycles. The highest BCUT2D eigenvalue weighted by atomic mass is 16.5. The predicted octanol–water partition coefficient (Wildman–Crippen LogP) is 2.94. The lowest BCUT2D eigenvalue weighted by atomic mass is 10.1. The van der Waals surface area contributed by atoms with Gasteiger partial charge in [-0.05, 0) is 38.1 Å². The van der Waals surface area contributed by atoms with E-state index in [1.54, 1.807) is 6.07 Å². The number of ether oxygens (including phenoxy) is 2. The van der Waals surface area contributed by atoms with Crippen LogP contribution in [0.3, 0.4) is 0 Å². The molecular formula is C19H21N5O2. The van der Waals surface area contributed by atoms with Gasteiger partial charge in [-0.25, -0.2) is 15.0 Å². The van der Waals surface area contributed by atoms with Crippen LogP contribution in [0.25, 0.3) is 11.0 Å². The first kappa shape index (κ1) is 16.4. The van der Waals surface area contributed by atoms with Gasteiger partial charge in [0.2, 0.25) is 0 Å². The van der Waals surface area contributed by atoms with Crippen LogP contribution in [0.5, 0.6) is 11.5 Å². The average Bonchev–Trinajstić information content (AvgIpc) is 2.98. The quantitative estimate of drug-likeness (QED) is 0.729. The number of rotatable bonds is 5. The smallest absolute Gasteiger partial charge is 0.166 e. The highest BCUT2D eigenvalue weighted by molar-refractivity contribution is 5.87. The van der Waals surface area contributed by atoms with Gasteiger partial charge in [-0.3, -0.25) is 0 Å². The van der Waals surface area contributed by atoms with Gasteiger partial charge in [0.05, 0.1) is 12.0 Å². The molecule has 0 aliphatic carbocycles. The van der Waals surface area contributed by atoms with Gasteiger partial charge in [0.15, 0.2) is 5.65 Å². The van der Waals surface area contributed by atoms with Crippen LogP contribution in [0, 0.1) is 0 Å². The molecule has 0 amide bonds. The molecule has 3 aromatic rings. The number of benzene rings is 1. The Morgan fingerprint density at radius 2 is 2.19 bits per heavy atom. The van der Waals surface area contributed by atoms with E-state index in [9.17, 15) is 0 Å². The van der Waals surface area contributed by atoms with Crippen LogP contribution in [0.1, 0.15) is 25.0 Å². The fraction of sp³-hybridized carbons (Fsp3) is 0.316. The first-order valence-electron chi connectivity index (χ1n) is 8.70. The SMILES string of the molecule is CCOc1cc2c(cc1CNc1ncnc3nc(N)ccc13)OC(C)C2. The number of nitrogens with one attached hydrogen (secondary N) is 1. The zero-order valence-corrected chi connectivity index (χ0v) is 14.8. The lowest BCUT2D eigenvalue weighted by Gasteiger charge is -2.14. The molecule has 7 heteroatoms. The van der Waals surface area contributed by atoms with Crippen LogP contribution in [0.4, 0.5) is 11.6 Å². The van der Waals surface area contributed by atoms with Crippen molar-refractivity contribution in [2.24, 2.45) is 0 Å². The second-order valence-corrected chi connectivity index (χ2v) is 6.32. The van der Waals surface area contributed by atoms with Crippen LogP contribution in [-0.2, 0) is 13.0 Å². The largest absolute Gasteiger partial charge is 0.494 e. The maximum atomic E-state index is 5.88. The van der Waals surface area contributed by atoms with Crippen LogP contribution in [0.2, 0.25) is 0 Å². The summed E-state index contributed by atoms with van der Waals surface area (Å²) in [7, 11) is 0. The summed E-state index contributed by atoms with van der Waals surface area (Å²) in [6.45, 7) is 5.22. The summed E-state index contributed by atoms with van der Waals surface area (Å²) in [5.41, 5.74) is 8.52. The highest BCUT2D eigenvalue weighted by Crippen LogP contribution is 2.35. The zero-order chi connectivity index (χ0) is 18.1. The summed E-state index contributed by atoms with van der Waals surface area (Å²) in [6, 6.07) is 7.75. The highest BCUT2D eigenvalue weighted by Gasteiger charge is 2.22. The molecular weight excluding hydrogens is 330 g/mol. The number of pyridine rings is 1. The van der Waals surface area contributed by atoms with E-state index in [0.717, 1.165) is 28.9 Å². The Kier molecular flexibility index (Phi) is 4.20. The number of anilines is 2. The number of nitrogen functional groups attached to an aromatic ring is 1. The minimum Gasteiger partial charge on any atom is -0.494 e. The van der Waals surface area contributed by atoms with E-state index >= 15 is 0 Å². The van der Waals surface area contributed by atoms with E-state index in [4.69, 9.17) is 15.2 Å². The van der Waals surface area contributed by atoms with Gasteiger partial charge < -0.3 is 20.5 Å². The van der Waals surface area contributed by atoms with E-state index < -0.39 is 0 Å². The molecule has 0 bridgehead atoms. The number of aromatic nitrogens is 3. The molecule has 0 radical (unpaired) electrons. The van der Waals surface area contributed by atoms with Crippen LogP contribution in [-0.4, -0.2) is 27.7 Å². The standard InChI is InChI=1S/C19H21N5O2/c1-3-25-15-7-12-6-11(2)26-16(12)8-13(15)9-21-18-14-4-5-17(20)24-19(14)23-10-22-18/h4-5,7-8,10-11H,3,6,9H2,1-2H3,(H3,20,21,22,23,24). The van der Waals surface area contributed by atoms with Gasteiger partial charge in [0.25, 0.3) is 0 Å². The normalized spacial score (nSPS) is 15.5. The van der Waals surface area contributed by atoms with Gasteiger partial charge >= 0.3 is 0 Å². The van der Waals surface area contributed by atoms with Crippen LogP contribution in [0.15, 0.2) is 30.6 Å². The van der Waals surface area contributed by atoms with Crippen molar-refractivity contribution in [1.82, 2.24) is 15.0 Å². The molecule has 7 nitrogen and oxygen atoms in total. The third-order valence-corrected chi connectivity index (χ3v) is 4.34. The topological polar surface area (TPSA) is 95.2 Å². The summed E-state index contributed by atoms with van der Waals surface area (Å²) in [5.74, 6) is 2.95. The molecule has 134 valence electrons. The molecule has 3 heterocycles. The number of fused-ring (bicyclic) bond motifs is 2. The van der Waals surface area contributed by atoms with Crippen molar-refractivity contribution < 1.29 is 9.47 Å². The van der Waals surface area contributed by atoms with Crippen molar-refractivity contribution in [2.45, 2.75) is 32.9 Å². The monoisotopic (exact) mass is 351 g/mol. The van der Waals surface area contributed by atoms with Crippen molar-refractivity contribution in [3.63, 3.8) is 0 Å². The second-order valence-electron chi connectivity index (χ2n) is 6.32. The summed E-state index contributed by atoms with van der Waals surface area (Å²) in [6.07, 6.45) is 2.59. The first-order valence-corrected chi connectivity index (χ1v) is 8.70. The summed E-state index contributed by atoms with van der Waals surface area (Å²) >= 11 is 0. The molecule has 3 N–H and O–H groups in total. The molecule has 0 saturated carbocycles. The molecule has 26 heavy (non-hydrogen) atoms. The van der Waals surface area contributed by atoms with Gasteiger partial charge in [-0.1, -0.05) is 0 Å². The predicted molar refractivity (Wildman–Crippen MR) is 100 cm³/mol. The van der Waals surface area contributed by atoms with Crippen molar-refractivity contribution in [3.8, 4) is 11.5 Å². The average molecular weight is 351 g/mol. The Hall–Kier alpha value is -3.09. The molecule has 1 unspecified atom stereocenters. The molecule has 1 atom stereocenters. The number of nitrogens with two attached hydrogens (primary N) is 1. The third-order valence-electron chi connectivity index (χ3n) is 4.34. The second kappa shape index (κ2) is 6.67. The molecule has 0 saturated heterocycles. The Labute approximate surface area is 151 Å².